The van der Waals surface area contributed by atoms with Crippen molar-refractivity contribution in [3.8, 4) is 0 Å². The van der Waals surface area contributed by atoms with Gasteiger partial charge in [0.2, 0.25) is 18.0 Å². The van der Waals surface area contributed by atoms with Crippen LogP contribution in [0.5, 0.6) is 0 Å². The van der Waals surface area contributed by atoms with Gasteiger partial charge in [-0.3, -0.25) is 13.8 Å². The Labute approximate surface area is 79.1 Å². The molecule has 0 aromatic carbocycles. The van der Waals surface area contributed by atoms with E-state index in [2.05, 4.69) is 4.98 Å². The second kappa shape index (κ2) is 4.55. The van der Waals surface area contributed by atoms with Gasteiger partial charge in [0, 0.05) is 0 Å². The van der Waals surface area contributed by atoms with Crippen LogP contribution in [0.2, 0.25) is 0 Å². The third-order valence-electron chi connectivity index (χ3n) is 0.862. The summed E-state index contributed by atoms with van der Waals surface area (Å²) in [6, 6.07) is 1.30. The molecule has 9 nitrogen and oxygen atoms in total. The minimum absolute atomic E-state index is 0.0579. The van der Waals surface area contributed by atoms with Gasteiger partial charge >= 0.3 is 10.4 Å². The lowest BCUT2D eigenvalue weighted by atomic mass is 10.5. The second-order valence-corrected chi connectivity index (χ2v) is 2.91. The molecule has 0 aliphatic rings. The predicted molar refractivity (Wildman–Crippen MR) is 46.2 cm³/mol. The Kier molecular flexibility index (Phi) is 4.01. The predicted octanol–water partition coefficient (Wildman–Crippen LogP) is -1.77. The van der Waals surface area contributed by atoms with Crippen molar-refractivity contribution in [1.29, 1.82) is 0 Å². The first-order chi connectivity index (χ1) is 6.20. The fourth-order valence-electron chi connectivity index (χ4n) is 0.438. The van der Waals surface area contributed by atoms with E-state index >= 15 is 0 Å². The highest BCUT2D eigenvalue weighted by Gasteiger charge is 1.95. The van der Waals surface area contributed by atoms with Gasteiger partial charge in [0.15, 0.2) is 0 Å². The van der Waals surface area contributed by atoms with E-state index in [0.717, 1.165) is 6.33 Å². The monoisotopic (exact) mass is 224 g/mol. The molecule has 0 bridgehead atoms. The molecule has 0 spiro atoms. The summed E-state index contributed by atoms with van der Waals surface area (Å²) in [7, 11) is -4.67. The maximum absolute atomic E-state index is 10.4. The number of nitrogen functional groups attached to an aromatic ring is 2. The van der Waals surface area contributed by atoms with Crippen LogP contribution in [0.3, 0.4) is 0 Å². The number of aromatic nitrogens is 2. The standard InChI is InChI=1S/C4H6N4O.H2O4S/c5-3-1-4(6)8(9)2-7-3;1-5(2,3)4/h1-2H,6H2,(H2,5,7);(H2,1,2,3,4). The number of anilines is 2. The molecule has 0 amide bonds. The molecule has 0 radical (unpaired) electrons. The highest BCUT2D eigenvalue weighted by molar-refractivity contribution is 7.79. The molecule has 0 fully saturated rings. The van der Waals surface area contributed by atoms with Crippen LogP contribution in [-0.2, 0) is 10.4 Å². The van der Waals surface area contributed by atoms with Crippen LogP contribution in [0, 0.1) is 5.21 Å². The van der Waals surface area contributed by atoms with Crippen molar-refractivity contribution >= 4 is 22.0 Å². The van der Waals surface area contributed by atoms with Crippen LogP contribution in [0.4, 0.5) is 11.6 Å². The zero-order valence-corrected chi connectivity index (χ0v) is 7.55. The van der Waals surface area contributed by atoms with Gasteiger partial charge in [0.05, 0.1) is 6.07 Å². The molecule has 1 aromatic heterocycles. The van der Waals surface area contributed by atoms with E-state index in [0.29, 0.717) is 4.73 Å². The van der Waals surface area contributed by atoms with Crippen LogP contribution in [0.25, 0.3) is 0 Å². The van der Waals surface area contributed by atoms with Gasteiger partial charge in [0.25, 0.3) is 0 Å². The van der Waals surface area contributed by atoms with Crippen molar-refractivity contribution in [3.05, 3.63) is 17.6 Å². The van der Waals surface area contributed by atoms with Gasteiger partial charge in [-0.05, 0) is 0 Å². The quantitative estimate of drug-likeness (QED) is 0.228. The highest BCUT2D eigenvalue weighted by atomic mass is 32.3. The smallest absolute Gasteiger partial charge is 0.394 e. The molecule has 14 heavy (non-hydrogen) atoms. The summed E-state index contributed by atoms with van der Waals surface area (Å²) in [6.45, 7) is 0. The van der Waals surface area contributed by atoms with E-state index < -0.39 is 10.4 Å². The summed E-state index contributed by atoms with van der Waals surface area (Å²) < 4.78 is 32.0. The molecular formula is C4H8N4O5S. The molecule has 0 saturated heterocycles. The molecule has 1 rings (SSSR count). The van der Waals surface area contributed by atoms with E-state index in [9.17, 15) is 5.21 Å². The lowest BCUT2D eigenvalue weighted by Crippen LogP contribution is -2.30. The Morgan fingerprint density at radius 2 is 1.86 bits per heavy atom. The Balaban J connectivity index is 0.000000292. The molecule has 0 atom stereocenters. The normalized spacial score (nSPS) is 10.1. The first-order valence-electron chi connectivity index (χ1n) is 3.00. The summed E-state index contributed by atoms with van der Waals surface area (Å²) in [5.74, 6) is 0.308. The molecule has 0 aliphatic carbocycles. The Bertz CT molecular complexity index is 396. The maximum Gasteiger partial charge on any atom is 0.394 e. The van der Waals surface area contributed by atoms with Gasteiger partial charge < -0.3 is 16.7 Å². The van der Waals surface area contributed by atoms with Crippen molar-refractivity contribution in [3.63, 3.8) is 0 Å². The van der Waals surface area contributed by atoms with Crippen LogP contribution in [0.15, 0.2) is 12.4 Å². The van der Waals surface area contributed by atoms with E-state index in [4.69, 9.17) is 29.0 Å². The first kappa shape index (κ1) is 12.3. The summed E-state index contributed by atoms with van der Waals surface area (Å²) in [6.07, 6.45) is 1.02. The Morgan fingerprint density at radius 1 is 1.43 bits per heavy atom. The molecule has 10 heteroatoms. The Hall–Kier alpha value is -1.65. The van der Waals surface area contributed by atoms with Crippen molar-refractivity contribution in [2.45, 2.75) is 0 Å². The number of hydrogen-bond donors (Lipinski definition) is 4. The summed E-state index contributed by atoms with van der Waals surface area (Å²) >= 11 is 0. The highest BCUT2D eigenvalue weighted by Crippen LogP contribution is 1.95. The molecule has 6 N–H and O–H groups in total. The first-order valence-corrected chi connectivity index (χ1v) is 4.40. The fourth-order valence-corrected chi connectivity index (χ4v) is 0.438. The minimum atomic E-state index is -4.67. The topological polar surface area (TPSA) is 166 Å². The van der Waals surface area contributed by atoms with Crippen LogP contribution >= 0.6 is 0 Å². The van der Waals surface area contributed by atoms with Crippen molar-refractivity contribution in [2.75, 3.05) is 11.5 Å². The summed E-state index contributed by atoms with van der Waals surface area (Å²) in [5.41, 5.74) is 10.3. The summed E-state index contributed by atoms with van der Waals surface area (Å²) in [5, 5.41) is 10.4. The van der Waals surface area contributed by atoms with Gasteiger partial charge in [-0.15, -0.1) is 0 Å². The molecule has 1 heterocycles. The van der Waals surface area contributed by atoms with Crippen LogP contribution < -0.4 is 16.2 Å². The van der Waals surface area contributed by atoms with E-state index in [-0.39, 0.29) is 11.6 Å². The number of rotatable bonds is 0. The zero-order valence-electron chi connectivity index (χ0n) is 6.73. The third kappa shape index (κ3) is 7.02. The lowest BCUT2D eigenvalue weighted by molar-refractivity contribution is -0.593. The lowest BCUT2D eigenvalue weighted by Gasteiger charge is -2.02. The SMILES string of the molecule is Nc1cc(N)[n+]([O-])cn1.O=S(=O)(O)O. The van der Waals surface area contributed by atoms with Crippen LogP contribution in [-0.4, -0.2) is 22.5 Å². The van der Waals surface area contributed by atoms with Gasteiger partial charge in [-0.25, -0.2) is 0 Å². The fraction of sp³-hybridized carbons (Fsp3) is 0. The average Bonchev–Trinajstić information content (AvgIpc) is 1.94. The number of nitrogens with zero attached hydrogens (tertiary/aromatic N) is 2. The number of hydrogen-bond acceptors (Lipinski definition) is 6. The zero-order chi connectivity index (χ0) is 11.4. The van der Waals surface area contributed by atoms with Crippen LogP contribution in [0.1, 0.15) is 0 Å². The minimum Gasteiger partial charge on any atom is -0.740 e. The van der Waals surface area contributed by atoms with Gasteiger partial charge in [-0.1, -0.05) is 4.98 Å². The van der Waals surface area contributed by atoms with E-state index in [1.807, 2.05) is 0 Å². The van der Waals surface area contributed by atoms with Crippen molar-refractivity contribution < 1.29 is 22.3 Å². The molecule has 0 saturated carbocycles. The maximum atomic E-state index is 10.4. The molecule has 0 unspecified atom stereocenters. The summed E-state index contributed by atoms with van der Waals surface area (Å²) in [4.78, 5) is 3.49. The van der Waals surface area contributed by atoms with Crippen molar-refractivity contribution in [2.24, 2.45) is 0 Å². The van der Waals surface area contributed by atoms with Gasteiger partial charge in [-0.2, -0.15) is 8.42 Å². The van der Waals surface area contributed by atoms with Gasteiger partial charge in [0.1, 0.15) is 0 Å². The Morgan fingerprint density at radius 3 is 2.14 bits per heavy atom. The third-order valence-corrected chi connectivity index (χ3v) is 0.862. The van der Waals surface area contributed by atoms with Crippen molar-refractivity contribution in [1.82, 2.24) is 4.98 Å². The average molecular weight is 224 g/mol. The molecule has 0 aliphatic heterocycles. The molecule has 1 aromatic rings. The molecule has 80 valence electrons. The number of nitrogens with two attached hydrogens (primary N) is 2. The second-order valence-electron chi connectivity index (χ2n) is 2.01. The largest absolute Gasteiger partial charge is 0.740 e. The van der Waals surface area contributed by atoms with E-state index in [1.165, 1.54) is 6.07 Å². The molecular weight excluding hydrogens is 216 g/mol. The van der Waals surface area contributed by atoms with E-state index in [1.54, 1.807) is 0 Å².